The van der Waals surface area contributed by atoms with Crippen molar-refractivity contribution in [3.63, 3.8) is 0 Å². The topological polar surface area (TPSA) is 33.2 Å². The van der Waals surface area contributed by atoms with E-state index in [0.29, 0.717) is 27.4 Å². The van der Waals surface area contributed by atoms with Crippen molar-refractivity contribution in [1.82, 2.24) is 4.98 Å². The number of rotatable bonds is 3. The van der Waals surface area contributed by atoms with Crippen molar-refractivity contribution in [3.8, 4) is 11.1 Å². The third-order valence-electron chi connectivity index (χ3n) is 4.28. The molecule has 0 saturated carbocycles. The lowest BCUT2D eigenvalue weighted by atomic mass is 10.0. The first-order chi connectivity index (χ1) is 13.2. The Kier molecular flexibility index (Phi) is 5.42. The van der Waals surface area contributed by atoms with E-state index in [1.807, 2.05) is 6.07 Å². The van der Waals surface area contributed by atoms with Gasteiger partial charge in [0, 0.05) is 35.0 Å². The second-order valence-corrected chi connectivity index (χ2v) is 6.73. The zero-order valence-corrected chi connectivity index (χ0v) is 15.8. The number of halogens is 4. The Morgan fingerprint density at radius 2 is 1.79 bits per heavy atom. The zero-order valence-electron chi connectivity index (χ0n) is 15.1. The van der Waals surface area contributed by atoms with Gasteiger partial charge in [0.15, 0.2) is 0 Å². The van der Waals surface area contributed by atoms with Gasteiger partial charge in [0.2, 0.25) is 0 Å². The van der Waals surface area contributed by atoms with E-state index in [4.69, 9.17) is 11.6 Å². The second-order valence-electron chi connectivity index (χ2n) is 6.32. The molecule has 28 heavy (non-hydrogen) atoms. The molecule has 0 aliphatic heterocycles. The number of pyridine rings is 1. The standard InChI is InChI=1S/C21H16ClF3N2O/c1-13-9-14(11-15(10-13)21(23,24)25)20(28)27(2)19-12-26-8-7-17(19)16-5-3-4-6-18(16)22/h3-12H,1-2H3. The Labute approximate surface area is 165 Å². The SMILES string of the molecule is Cc1cc(C(=O)N(C)c2cnccc2-c2ccccc2Cl)cc(C(F)(F)F)c1. The molecular formula is C21H16ClF3N2O. The van der Waals surface area contributed by atoms with Gasteiger partial charge in [-0.3, -0.25) is 9.78 Å². The molecule has 1 amide bonds. The van der Waals surface area contributed by atoms with Gasteiger partial charge < -0.3 is 4.90 Å². The molecule has 0 atom stereocenters. The maximum absolute atomic E-state index is 13.1. The lowest BCUT2D eigenvalue weighted by molar-refractivity contribution is -0.137. The highest BCUT2D eigenvalue weighted by molar-refractivity contribution is 6.33. The molecule has 0 fully saturated rings. The minimum absolute atomic E-state index is 0.0520. The fourth-order valence-electron chi connectivity index (χ4n) is 2.93. The van der Waals surface area contributed by atoms with Crippen LogP contribution in [0.5, 0.6) is 0 Å². The first-order valence-corrected chi connectivity index (χ1v) is 8.72. The third kappa shape index (κ3) is 4.02. The minimum atomic E-state index is -4.53. The van der Waals surface area contributed by atoms with Crippen LogP contribution < -0.4 is 4.90 Å². The third-order valence-corrected chi connectivity index (χ3v) is 4.61. The molecule has 144 valence electrons. The number of nitrogens with zero attached hydrogens (tertiary/aromatic N) is 2. The summed E-state index contributed by atoms with van der Waals surface area (Å²) in [5.74, 6) is -0.574. The fraction of sp³-hybridized carbons (Fsp3) is 0.143. The fourth-order valence-corrected chi connectivity index (χ4v) is 3.17. The Hall–Kier alpha value is -2.86. The van der Waals surface area contributed by atoms with Crippen molar-refractivity contribution in [2.45, 2.75) is 13.1 Å². The van der Waals surface area contributed by atoms with Crippen molar-refractivity contribution in [2.75, 3.05) is 11.9 Å². The van der Waals surface area contributed by atoms with E-state index in [2.05, 4.69) is 4.98 Å². The molecule has 7 heteroatoms. The number of amides is 1. The molecule has 1 heterocycles. The Morgan fingerprint density at radius 1 is 1.07 bits per heavy atom. The molecular weight excluding hydrogens is 389 g/mol. The number of aromatic nitrogens is 1. The summed E-state index contributed by atoms with van der Waals surface area (Å²) >= 11 is 6.27. The van der Waals surface area contributed by atoms with Gasteiger partial charge in [-0.05, 0) is 42.8 Å². The number of benzene rings is 2. The van der Waals surface area contributed by atoms with E-state index >= 15 is 0 Å². The molecule has 0 spiro atoms. The molecule has 0 N–H and O–H groups in total. The molecule has 0 radical (unpaired) electrons. The van der Waals surface area contributed by atoms with Crippen LogP contribution in [0.25, 0.3) is 11.1 Å². The molecule has 0 aliphatic rings. The van der Waals surface area contributed by atoms with Gasteiger partial charge in [0.1, 0.15) is 0 Å². The summed E-state index contributed by atoms with van der Waals surface area (Å²) in [6, 6.07) is 12.1. The van der Waals surface area contributed by atoms with Crippen molar-refractivity contribution in [2.24, 2.45) is 0 Å². The monoisotopic (exact) mass is 404 g/mol. The second kappa shape index (κ2) is 7.64. The number of alkyl halides is 3. The zero-order chi connectivity index (χ0) is 20.5. The lowest BCUT2D eigenvalue weighted by Gasteiger charge is -2.21. The number of hydrogen-bond donors (Lipinski definition) is 0. The lowest BCUT2D eigenvalue weighted by Crippen LogP contribution is -2.27. The van der Waals surface area contributed by atoms with Gasteiger partial charge in [0.05, 0.1) is 17.4 Å². The number of carbonyl (C=O) groups excluding carboxylic acids is 1. The molecule has 3 aromatic rings. The minimum Gasteiger partial charge on any atom is -0.309 e. The van der Waals surface area contributed by atoms with Crippen LogP contribution in [0.4, 0.5) is 18.9 Å². The van der Waals surface area contributed by atoms with Gasteiger partial charge in [0.25, 0.3) is 5.91 Å². The highest BCUT2D eigenvalue weighted by atomic mass is 35.5. The quantitative estimate of drug-likeness (QED) is 0.536. The highest BCUT2D eigenvalue weighted by Gasteiger charge is 2.32. The van der Waals surface area contributed by atoms with E-state index in [1.165, 1.54) is 31.1 Å². The molecule has 3 rings (SSSR count). The number of hydrogen-bond acceptors (Lipinski definition) is 2. The molecule has 0 aliphatic carbocycles. The summed E-state index contributed by atoms with van der Waals surface area (Å²) in [6.07, 6.45) is -1.48. The number of carbonyl (C=O) groups is 1. The summed E-state index contributed by atoms with van der Waals surface area (Å²) in [4.78, 5) is 18.3. The first kappa shape index (κ1) is 19.9. The molecule has 1 aromatic heterocycles. The molecule has 0 bridgehead atoms. The van der Waals surface area contributed by atoms with Crippen molar-refractivity contribution < 1.29 is 18.0 Å². The molecule has 0 unspecified atom stereocenters. The van der Waals surface area contributed by atoms with Gasteiger partial charge in [-0.15, -0.1) is 0 Å². The summed E-state index contributed by atoms with van der Waals surface area (Å²) in [7, 11) is 1.50. The van der Waals surface area contributed by atoms with E-state index in [9.17, 15) is 18.0 Å². The Morgan fingerprint density at radius 3 is 2.46 bits per heavy atom. The summed E-state index contributed by atoms with van der Waals surface area (Å²) in [5, 5.41) is 0.491. The first-order valence-electron chi connectivity index (χ1n) is 8.34. The van der Waals surface area contributed by atoms with Crippen LogP contribution in [-0.2, 0) is 6.18 Å². The maximum Gasteiger partial charge on any atom is 0.416 e. The van der Waals surface area contributed by atoms with Gasteiger partial charge >= 0.3 is 6.18 Å². The van der Waals surface area contributed by atoms with Gasteiger partial charge in [-0.2, -0.15) is 13.2 Å². The maximum atomic E-state index is 13.1. The van der Waals surface area contributed by atoms with Crippen LogP contribution in [0, 0.1) is 6.92 Å². The summed E-state index contributed by atoms with van der Waals surface area (Å²) in [6.45, 7) is 1.52. The van der Waals surface area contributed by atoms with Crippen LogP contribution in [0.1, 0.15) is 21.5 Å². The van der Waals surface area contributed by atoms with Crippen LogP contribution in [0.3, 0.4) is 0 Å². The molecule has 2 aromatic carbocycles. The summed E-state index contributed by atoms with van der Waals surface area (Å²) < 4.78 is 39.3. The highest BCUT2D eigenvalue weighted by Crippen LogP contribution is 2.35. The predicted octanol–water partition coefficient (Wildman–Crippen LogP) is 6.01. The Bertz CT molecular complexity index is 1030. The van der Waals surface area contributed by atoms with Gasteiger partial charge in [-0.1, -0.05) is 29.8 Å². The smallest absolute Gasteiger partial charge is 0.309 e. The van der Waals surface area contributed by atoms with Crippen LogP contribution >= 0.6 is 11.6 Å². The van der Waals surface area contributed by atoms with E-state index in [0.717, 1.165) is 12.1 Å². The largest absolute Gasteiger partial charge is 0.416 e. The van der Waals surface area contributed by atoms with E-state index in [1.54, 1.807) is 30.5 Å². The van der Waals surface area contributed by atoms with Crippen molar-refractivity contribution in [1.29, 1.82) is 0 Å². The van der Waals surface area contributed by atoms with Gasteiger partial charge in [-0.25, -0.2) is 0 Å². The Balaban J connectivity index is 2.05. The number of aryl methyl sites for hydroxylation is 1. The normalized spacial score (nSPS) is 11.4. The van der Waals surface area contributed by atoms with Crippen LogP contribution in [0.15, 0.2) is 60.9 Å². The summed E-state index contributed by atoms with van der Waals surface area (Å²) in [5.41, 5.74) is 1.23. The van der Waals surface area contributed by atoms with Crippen molar-refractivity contribution in [3.05, 3.63) is 82.6 Å². The average molecular weight is 405 g/mol. The van der Waals surface area contributed by atoms with Crippen molar-refractivity contribution >= 4 is 23.2 Å². The van der Waals surface area contributed by atoms with Crippen LogP contribution in [-0.4, -0.2) is 17.9 Å². The van der Waals surface area contributed by atoms with E-state index < -0.39 is 17.6 Å². The average Bonchev–Trinajstić information content (AvgIpc) is 2.66. The van der Waals surface area contributed by atoms with E-state index in [-0.39, 0.29) is 5.56 Å². The molecule has 3 nitrogen and oxygen atoms in total. The van der Waals surface area contributed by atoms with Crippen LogP contribution in [0.2, 0.25) is 5.02 Å². The predicted molar refractivity (Wildman–Crippen MR) is 104 cm³/mol. The molecule has 0 saturated heterocycles. The number of anilines is 1.